The van der Waals surface area contributed by atoms with E-state index in [1.54, 1.807) is 0 Å². The predicted octanol–water partition coefficient (Wildman–Crippen LogP) is 13.5. The van der Waals surface area contributed by atoms with Crippen LogP contribution in [-0.2, 0) is 32.7 Å². The Hall–Kier alpha value is -1.25. The third-order valence-electron chi connectivity index (χ3n) is 10.8. The molecule has 9 nitrogen and oxygen atoms in total. The van der Waals surface area contributed by atoms with Crippen molar-refractivity contribution in [2.24, 2.45) is 0 Å². The summed E-state index contributed by atoms with van der Waals surface area (Å²) in [6, 6.07) is 0. The monoisotopic (exact) mass is 844 g/mol. The summed E-state index contributed by atoms with van der Waals surface area (Å²) >= 11 is 0. The zero-order valence-corrected chi connectivity index (χ0v) is 39.7. The van der Waals surface area contributed by atoms with Gasteiger partial charge in [-0.2, -0.15) is 0 Å². The van der Waals surface area contributed by atoms with Gasteiger partial charge in [0, 0.05) is 12.8 Å². The normalized spacial score (nSPS) is 13.6. The van der Waals surface area contributed by atoms with Gasteiger partial charge >= 0.3 is 11.9 Å². The van der Waals surface area contributed by atoms with Gasteiger partial charge in [0.05, 0.1) is 27.7 Å². The zero-order chi connectivity index (χ0) is 42.8. The highest BCUT2D eigenvalue weighted by atomic mass is 31.2. The summed E-state index contributed by atoms with van der Waals surface area (Å²) < 4.78 is 34.0. The third-order valence-corrected chi connectivity index (χ3v) is 11.7. The maximum Gasteiger partial charge on any atom is 0.306 e. The standard InChI is InChI=1S/C48H94NO8P/c1-6-8-10-12-14-16-18-20-22-23-24-25-27-28-30-32-34-36-38-40-47(50)54-44-46(45-56-58(52,53)55-43-42-49(3,4)5)57-48(51)41-39-37-35-33-31-29-26-21-19-17-15-13-11-9-7-2/h13,15,46H,6-12,14,16-45H2,1-5H3/b15-13+/t46-/m1/s1. The molecule has 2 atom stereocenters. The van der Waals surface area contributed by atoms with Crippen LogP contribution in [0.15, 0.2) is 12.2 Å². The van der Waals surface area contributed by atoms with Crippen molar-refractivity contribution < 1.29 is 42.1 Å². The molecule has 344 valence electrons. The molecule has 58 heavy (non-hydrogen) atoms. The summed E-state index contributed by atoms with van der Waals surface area (Å²) in [6.45, 7) is 4.24. The minimum Gasteiger partial charge on any atom is -0.756 e. The quantitative estimate of drug-likeness (QED) is 0.0196. The second-order valence-corrected chi connectivity index (χ2v) is 19.2. The Balaban J connectivity index is 4.23. The number of hydrogen-bond donors (Lipinski definition) is 0. The molecule has 0 aliphatic rings. The molecule has 0 bridgehead atoms. The summed E-state index contributed by atoms with van der Waals surface area (Å²) in [7, 11) is 1.18. The van der Waals surface area contributed by atoms with E-state index < -0.39 is 26.5 Å². The van der Waals surface area contributed by atoms with Crippen molar-refractivity contribution in [3.63, 3.8) is 0 Å². The van der Waals surface area contributed by atoms with Gasteiger partial charge in [0.25, 0.3) is 7.82 Å². The molecule has 0 spiro atoms. The van der Waals surface area contributed by atoms with E-state index >= 15 is 0 Å². The summed E-state index contributed by atoms with van der Waals surface area (Å²) in [5, 5.41) is 0. The number of allylic oxidation sites excluding steroid dienone is 2. The number of carbonyl (C=O) groups is 2. The summed E-state index contributed by atoms with van der Waals surface area (Å²) in [4.78, 5) is 37.6. The highest BCUT2D eigenvalue weighted by molar-refractivity contribution is 7.45. The second kappa shape index (κ2) is 41.1. The van der Waals surface area contributed by atoms with Gasteiger partial charge in [-0.3, -0.25) is 14.2 Å². The molecule has 0 aromatic carbocycles. The highest BCUT2D eigenvalue weighted by Crippen LogP contribution is 2.38. The number of rotatable bonds is 45. The van der Waals surface area contributed by atoms with E-state index in [2.05, 4.69) is 26.0 Å². The Kier molecular flexibility index (Phi) is 40.2. The fraction of sp³-hybridized carbons (Fsp3) is 0.917. The van der Waals surface area contributed by atoms with Crippen LogP contribution in [0.2, 0.25) is 0 Å². The Bertz CT molecular complexity index is 1000. The van der Waals surface area contributed by atoms with Gasteiger partial charge in [0.15, 0.2) is 6.10 Å². The molecule has 0 aromatic rings. The first-order chi connectivity index (χ1) is 28.0. The number of hydrogen-bond acceptors (Lipinski definition) is 8. The summed E-state index contributed by atoms with van der Waals surface area (Å²) in [5.74, 6) is -0.823. The predicted molar refractivity (Wildman–Crippen MR) is 241 cm³/mol. The van der Waals surface area contributed by atoms with Crippen LogP contribution >= 0.6 is 7.82 Å². The van der Waals surface area contributed by atoms with Crippen molar-refractivity contribution in [1.82, 2.24) is 0 Å². The summed E-state index contributed by atoms with van der Waals surface area (Å²) in [5.41, 5.74) is 0. The topological polar surface area (TPSA) is 111 Å². The maximum atomic E-state index is 12.7. The largest absolute Gasteiger partial charge is 0.756 e. The average Bonchev–Trinajstić information content (AvgIpc) is 3.17. The van der Waals surface area contributed by atoms with Gasteiger partial charge in [-0.1, -0.05) is 199 Å². The van der Waals surface area contributed by atoms with Crippen LogP contribution in [0, 0.1) is 0 Å². The number of ether oxygens (including phenoxy) is 2. The summed E-state index contributed by atoms with van der Waals surface area (Å²) in [6.07, 6.45) is 43.8. The fourth-order valence-electron chi connectivity index (χ4n) is 6.93. The number of quaternary nitrogens is 1. The molecule has 0 rings (SSSR count). The minimum atomic E-state index is -4.62. The average molecular weight is 844 g/mol. The highest BCUT2D eigenvalue weighted by Gasteiger charge is 2.21. The van der Waals surface area contributed by atoms with Gasteiger partial charge in [-0.25, -0.2) is 0 Å². The molecule has 1 unspecified atom stereocenters. The van der Waals surface area contributed by atoms with Crippen LogP contribution in [0.5, 0.6) is 0 Å². The van der Waals surface area contributed by atoms with E-state index in [4.69, 9.17) is 18.5 Å². The van der Waals surface area contributed by atoms with E-state index in [0.717, 1.165) is 38.5 Å². The molecule has 0 fully saturated rings. The minimum absolute atomic E-state index is 0.0278. The molecule has 10 heteroatoms. The van der Waals surface area contributed by atoms with E-state index in [9.17, 15) is 19.0 Å². The van der Waals surface area contributed by atoms with Gasteiger partial charge in [0.1, 0.15) is 19.8 Å². The smallest absolute Gasteiger partial charge is 0.306 e. The molecule has 0 amide bonds. The number of likely N-dealkylation sites (N-methyl/N-ethyl adjacent to an activating group) is 1. The molecular weight excluding hydrogens is 750 g/mol. The maximum absolute atomic E-state index is 12.7. The lowest BCUT2D eigenvalue weighted by atomic mass is 10.0. The van der Waals surface area contributed by atoms with Crippen molar-refractivity contribution in [2.75, 3.05) is 47.5 Å². The van der Waals surface area contributed by atoms with Gasteiger partial charge in [0.2, 0.25) is 0 Å². The Morgan fingerprint density at radius 1 is 0.517 bits per heavy atom. The third kappa shape index (κ3) is 44.3. The molecule has 0 aliphatic heterocycles. The van der Waals surface area contributed by atoms with Crippen LogP contribution in [-0.4, -0.2) is 70.0 Å². The number of nitrogens with zero attached hydrogens (tertiary/aromatic N) is 1. The van der Waals surface area contributed by atoms with Gasteiger partial charge in [-0.15, -0.1) is 0 Å². The van der Waals surface area contributed by atoms with Crippen LogP contribution < -0.4 is 4.89 Å². The lowest BCUT2D eigenvalue weighted by molar-refractivity contribution is -0.870. The SMILES string of the molecule is CCCC/C=C/CCCCCCCCCCCC(=O)O[C@H](COC(=O)CCCCCCCCCCCCCCCCCCCCC)COP(=O)([O-])OCC[N+](C)(C)C. The number of unbranched alkanes of at least 4 members (excludes halogenated alkanes) is 29. The second-order valence-electron chi connectivity index (χ2n) is 17.8. The lowest BCUT2D eigenvalue weighted by Gasteiger charge is -2.28. The fourth-order valence-corrected chi connectivity index (χ4v) is 7.66. The zero-order valence-electron chi connectivity index (χ0n) is 38.8. The van der Waals surface area contributed by atoms with E-state index in [0.29, 0.717) is 17.4 Å². The molecule has 0 heterocycles. The van der Waals surface area contributed by atoms with Crippen LogP contribution in [0.3, 0.4) is 0 Å². The van der Waals surface area contributed by atoms with Crippen molar-refractivity contribution >= 4 is 19.8 Å². The van der Waals surface area contributed by atoms with Gasteiger partial charge in [-0.05, 0) is 32.1 Å². The van der Waals surface area contributed by atoms with Crippen molar-refractivity contribution in [3.05, 3.63) is 12.2 Å². The first-order valence-corrected chi connectivity index (χ1v) is 25.9. The first kappa shape index (κ1) is 56.8. The molecular formula is C48H94NO8P. The Labute approximate surface area is 358 Å². The van der Waals surface area contributed by atoms with Crippen molar-refractivity contribution in [3.8, 4) is 0 Å². The van der Waals surface area contributed by atoms with E-state index in [-0.39, 0.29) is 32.0 Å². The molecule has 0 saturated heterocycles. The van der Waals surface area contributed by atoms with Crippen LogP contribution in [0.4, 0.5) is 0 Å². The Morgan fingerprint density at radius 3 is 1.33 bits per heavy atom. The van der Waals surface area contributed by atoms with E-state index in [1.165, 1.54) is 161 Å². The van der Waals surface area contributed by atoms with Crippen LogP contribution in [0.25, 0.3) is 0 Å². The van der Waals surface area contributed by atoms with E-state index in [1.807, 2.05) is 21.1 Å². The number of phosphoric ester groups is 1. The van der Waals surface area contributed by atoms with Crippen LogP contribution in [0.1, 0.15) is 232 Å². The Morgan fingerprint density at radius 2 is 0.897 bits per heavy atom. The first-order valence-electron chi connectivity index (χ1n) is 24.4. The molecule has 0 radical (unpaired) electrons. The molecule has 0 saturated carbocycles. The van der Waals surface area contributed by atoms with Gasteiger partial charge < -0.3 is 27.9 Å². The number of esters is 2. The number of phosphoric acid groups is 1. The molecule has 0 aromatic heterocycles. The molecule has 0 aliphatic carbocycles. The van der Waals surface area contributed by atoms with Crippen molar-refractivity contribution in [2.45, 2.75) is 238 Å². The molecule has 0 N–H and O–H groups in total. The van der Waals surface area contributed by atoms with Crippen molar-refractivity contribution in [1.29, 1.82) is 0 Å². The number of carbonyl (C=O) groups excluding carboxylic acids is 2. The lowest BCUT2D eigenvalue weighted by Crippen LogP contribution is -2.37.